The highest BCUT2D eigenvalue weighted by Gasteiger charge is 2.14. The van der Waals surface area contributed by atoms with Crippen molar-refractivity contribution in [2.75, 3.05) is 33.9 Å². The van der Waals surface area contributed by atoms with Crippen LogP contribution in [-0.2, 0) is 11.3 Å². The number of rotatable bonds is 8. The molecule has 0 radical (unpaired) electrons. The second-order valence-corrected chi connectivity index (χ2v) is 4.19. The third-order valence-corrected chi connectivity index (χ3v) is 2.77. The lowest BCUT2D eigenvalue weighted by Crippen LogP contribution is -2.42. The predicted octanol–water partition coefficient (Wildman–Crippen LogP) is 1.14. The average Bonchev–Trinajstić information content (AvgIpc) is 2.35. The summed E-state index contributed by atoms with van der Waals surface area (Å²) in [5, 5.41) is 3.36. The molecule has 0 saturated heterocycles. The van der Waals surface area contributed by atoms with E-state index in [2.05, 4.69) is 35.2 Å². The van der Waals surface area contributed by atoms with E-state index in [1.54, 1.807) is 13.3 Å². The lowest BCUT2D eigenvalue weighted by Gasteiger charge is -2.27. The van der Waals surface area contributed by atoms with Crippen molar-refractivity contribution in [1.29, 1.82) is 0 Å². The fourth-order valence-corrected chi connectivity index (χ4v) is 1.75. The van der Waals surface area contributed by atoms with Gasteiger partial charge in [0.15, 0.2) is 0 Å². The van der Waals surface area contributed by atoms with Gasteiger partial charge in [-0.1, -0.05) is 13.0 Å². The molecule has 0 amide bonds. The van der Waals surface area contributed by atoms with Gasteiger partial charge >= 0.3 is 0 Å². The second kappa shape index (κ2) is 8.17. The van der Waals surface area contributed by atoms with E-state index in [0.717, 1.165) is 26.2 Å². The fourth-order valence-electron chi connectivity index (χ4n) is 1.75. The van der Waals surface area contributed by atoms with Gasteiger partial charge in [-0.2, -0.15) is 0 Å². The van der Waals surface area contributed by atoms with E-state index in [1.807, 2.05) is 12.3 Å². The normalized spacial score (nSPS) is 12.9. The smallest absolute Gasteiger partial charge is 0.0630 e. The summed E-state index contributed by atoms with van der Waals surface area (Å²) in [6.07, 6.45) is 3.71. The van der Waals surface area contributed by atoms with E-state index in [0.29, 0.717) is 6.04 Å². The molecule has 1 rings (SSSR count). The van der Waals surface area contributed by atoms with Crippen molar-refractivity contribution in [3.63, 3.8) is 0 Å². The van der Waals surface area contributed by atoms with Gasteiger partial charge < -0.3 is 10.1 Å². The van der Waals surface area contributed by atoms with Crippen LogP contribution in [0.2, 0.25) is 0 Å². The van der Waals surface area contributed by atoms with E-state index in [4.69, 9.17) is 4.74 Å². The zero-order valence-electron chi connectivity index (χ0n) is 11.0. The molecule has 1 aromatic rings. The molecule has 0 aliphatic carbocycles. The van der Waals surface area contributed by atoms with E-state index < -0.39 is 0 Å². The topological polar surface area (TPSA) is 37.4 Å². The Morgan fingerprint density at radius 2 is 2.35 bits per heavy atom. The number of nitrogens with zero attached hydrogens (tertiary/aromatic N) is 2. The van der Waals surface area contributed by atoms with Crippen molar-refractivity contribution in [3.8, 4) is 0 Å². The van der Waals surface area contributed by atoms with Gasteiger partial charge in [-0.05, 0) is 25.2 Å². The van der Waals surface area contributed by atoms with E-state index in [1.165, 1.54) is 5.56 Å². The zero-order chi connectivity index (χ0) is 12.5. The molecule has 4 nitrogen and oxygen atoms in total. The predicted molar refractivity (Wildman–Crippen MR) is 69.9 cm³/mol. The van der Waals surface area contributed by atoms with Gasteiger partial charge in [0.05, 0.1) is 6.61 Å². The molecular formula is C13H23N3O. The molecule has 1 aromatic heterocycles. The standard InChI is InChI=1S/C13H23N3O/c1-4-14-9-13(11-17-3)16(2)10-12-6-5-7-15-8-12/h5-8,13-14H,4,9-11H2,1-3H3. The Morgan fingerprint density at radius 1 is 1.53 bits per heavy atom. The van der Waals surface area contributed by atoms with Gasteiger partial charge in [0.1, 0.15) is 0 Å². The molecule has 0 aromatic carbocycles. The third kappa shape index (κ3) is 5.26. The Morgan fingerprint density at radius 3 is 2.94 bits per heavy atom. The van der Waals surface area contributed by atoms with Crippen molar-refractivity contribution < 1.29 is 4.74 Å². The van der Waals surface area contributed by atoms with E-state index in [9.17, 15) is 0 Å². The Labute approximate surface area is 104 Å². The minimum Gasteiger partial charge on any atom is -0.383 e. The highest BCUT2D eigenvalue weighted by molar-refractivity contribution is 5.08. The van der Waals surface area contributed by atoms with Crippen LogP contribution in [0.5, 0.6) is 0 Å². The Balaban J connectivity index is 2.49. The van der Waals surface area contributed by atoms with Crippen molar-refractivity contribution in [1.82, 2.24) is 15.2 Å². The summed E-state index contributed by atoms with van der Waals surface area (Å²) in [5.41, 5.74) is 1.23. The van der Waals surface area contributed by atoms with Crippen molar-refractivity contribution in [2.24, 2.45) is 0 Å². The molecule has 0 saturated carbocycles. The van der Waals surface area contributed by atoms with Crippen LogP contribution < -0.4 is 5.32 Å². The fraction of sp³-hybridized carbons (Fsp3) is 0.615. The minimum absolute atomic E-state index is 0.389. The number of nitrogens with one attached hydrogen (secondary N) is 1. The summed E-state index contributed by atoms with van der Waals surface area (Å²) < 4.78 is 5.26. The number of hydrogen-bond acceptors (Lipinski definition) is 4. The molecule has 1 N–H and O–H groups in total. The maximum Gasteiger partial charge on any atom is 0.0630 e. The SMILES string of the molecule is CCNCC(COC)N(C)Cc1cccnc1. The molecule has 1 heterocycles. The van der Waals surface area contributed by atoms with Crippen LogP contribution in [0.3, 0.4) is 0 Å². The summed E-state index contributed by atoms with van der Waals surface area (Å²) in [6, 6.07) is 4.46. The lowest BCUT2D eigenvalue weighted by atomic mass is 10.2. The molecule has 0 aliphatic heterocycles. The number of aromatic nitrogens is 1. The van der Waals surface area contributed by atoms with Gasteiger partial charge in [-0.15, -0.1) is 0 Å². The summed E-state index contributed by atoms with van der Waals surface area (Å²) in [5.74, 6) is 0. The van der Waals surface area contributed by atoms with Gasteiger partial charge in [-0.3, -0.25) is 9.88 Å². The zero-order valence-corrected chi connectivity index (χ0v) is 11.0. The first-order valence-corrected chi connectivity index (χ1v) is 6.06. The quantitative estimate of drug-likeness (QED) is 0.735. The molecule has 1 atom stereocenters. The molecule has 1 unspecified atom stereocenters. The van der Waals surface area contributed by atoms with Gasteiger partial charge in [0.25, 0.3) is 0 Å². The number of pyridine rings is 1. The second-order valence-electron chi connectivity index (χ2n) is 4.19. The van der Waals surface area contributed by atoms with Crippen LogP contribution in [0.25, 0.3) is 0 Å². The van der Waals surface area contributed by atoms with E-state index in [-0.39, 0.29) is 0 Å². The van der Waals surface area contributed by atoms with Crippen LogP contribution in [0.1, 0.15) is 12.5 Å². The summed E-state index contributed by atoms with van der Waals surface area (Å²) >= 11 is 0. The van der Waals surface area contributed by atoms with Crippen LogP contribution in [0.15, 0.2) is 24.5 Å². The highest BCUT2D eigenvalue weighted by Crippen LogP contribution is 2.05. The van der Waals surface area contributed by atoms with Gasteiger partial charge in [-0.25, -0.2) is 0 Å². The van der Waals surface area contributed by atoms with Gasteiger partial charge in [0.2, 0.25) is 0 Å². The lowest BCUT2D eigenvalue weighted by molar-refractivity contribution is 0.102. The van der Waals surface area contributed by atoms with Crippen molar-refractivity contribution in [2.45, 2.75) is 19.5 Å². The van der Waals surface area contributed by atoms with Crippen molar-refractivity contribution in [3.05, 3.63) is 30.1 Å². The van der Waals surface area contributed by atoms with Gasteiger partial charge in [0, 0.05) is 38.6 Å². The van der Waals surface area contributed by atoms with Crippen LogP contribution in [-0.4, -0.2) is 49.8 Å². The number of ether oxygens (including phenoxy) is 1. The third-order valence-electron chi connectivity index (χ3n) is 2.77. The maximum atomic E-state index is 5.26. The van der Waals surface area contributed by atoms with Crippen LogP contribution in [0, 0.1) is 0 Å². The molecule has 0 spiro atoms. The van der Waals surface area contributed by atoms with Crippen LogP contribution in [0.4, 0.5) is 0 Å². The molecule has 17 heavy (non-hydrogen) atoms. The highest BCUT2D eigenvalue weighted by atomic mass is 16.5. The number of hydrogen-bond donors (Lipinski definition) is 1. The first kappa shape index (κ1) is 14.1. The molecule has 4 heteroatoms. The molecule has 0 aliphatic rings. The summed E-state index contributed by atoms with van der Waals surface area (Å²) in [6.45, 7) is 5.68. The molecule has 0 fully saturated rings. The Hall–Kier alpha value is -0.970. The first-order valence-electron chi connectivity index (χ1n) is 6.06. The molecule has 0 bridgehead atoms. The first-order chi connectivity index (χ1) is 8.27. The largest absolute Gasteiger partial charge is 0.383 e. The monoisotopic (exact) mass is 237 g/mol. The maximum absolute atomic E-state index is 5.26. The van der Waals surface area contributed by atoms with E-state index >= 15 is 0 Å². The summed E-state index contributed by atoms with van der Waals surface area (Å²) in [4.78, 5) is 6.43. The Kier molecular flexibility index (Phi) is 6.77. The minimum atomic E-state index is 0.389. The Bertz CT molecular complexity index is 292. The number of likely N-dealkylation sites (N-methyl/N-ethyl adjacent to an activating group) is 2. The number of methoxy groups -OCH3 is 1. The average molecular weight is 237 g/mol. The molecular weight excluding hydrogens is 214 g/mol. The van der Waals surface area contributed by atoms with Crippen LogP contribution >= 0.6 is 0 Å². The van der Waals surface area contributed by atoms with Crippen molar-refractivity contribution >= 4 is 0 Å². The molecule has 96 valence electrons. The summed E-state index contributed by atoms with van der Waals surface area (Å²) in [7, 11) is 3.87.